The van der Waals surface area contributed by atoms with Gasteiger partial charge in [0.25, 0.3) is 17.4 Å². The SMILES string of the molecule is CC(C)c1ccc(N2C(=O)C(=O)/C(=C(\O)c3cccc([N+](=O)[O-])c3)C2c2ccc(O)cc2)cc1. The molecule has 1 saturated heterocycles. The van der Waals surface area contributed by atoms with E-state index in [-0.39, 0.29) is 28.5 Å². The Kier molecular flexibility index (Phi) is 5.89. The van der Waals surface area contributed by atoms with E-state index in [1.54, 1.807) is 24.3 Å². The Balaban J connectivity index is 1.91. The Morgan fingerprint density at radius 2 is 1.65 bits per heavy atom. The van der Waals surface area contributed by atoms with Gasteiger partial charge < -0.3 is 10.2 Å². The lowest BCUT2D eigenvalue weighted by molar-refractivity contribution is -0.384. The summed E-state index contributed by atoms with van der Waals surface area (Å²) in [6.45, 7) is 4.08. The number of hydrogen-bond donors (Lipinski definition) is 2. The van der Waals surface area contributed by atoms with Crippen LogP contribution in [-0.4, -0.2) is 26.8 Å². The summed E-state index contributed by atoms with van der Waals surface area (Å²) in [4.78, 5) is 38.2. The summed E-state index contributed by atoms with van der Waals surface area (Å²) in [5.41, 5.74) is 1.59. The third-order valence-corrected chi connectivity index (χ3v) is 5.82. The summed E-state index contributed by atoms with van der Waals surface area (Å²) in [7, 11) is 0. The van der Waals surface area contributed by atoms with Crippen LogP contribution in [0, 0.1) is 10.1 Å². The number of phenols is 1. The quantitative estimate of drug-likeness (QED) is 0.181. The van der Waals surface area contributed by atoms with Gasteiger partial charge in [-0.15, -0.1) is 0 Å². The first kappa shape index (κ1) is 22.7. The number of aliphatic hydroxyl groups is 1. The molecule has 1 atom stereocenters. The van der Waals surface area contributed by atoms with E-state index in [4.69, 9.17) is 0 Å². The highest BCUT2D eigenvalue weighted by atomic mass is 16.6. The van der Waals surface area contributed by atoms with Crippen LogP contribution in [0.25, 0.3) is 5.76 Å². The van der Waals surface area contributed by atoms with E-state index in [0.717, 1.165) is 11.6 Å². The van der Waals surface area contributed by atoms with Crippen LogP contribution in [-0.2, 0) is 9.59 Å². The number of aliphatic hydroxyl groups excluding tert-OH is 1. The normalized spacial score (nSPS) is 17.4. The van der Waals surface area contributed by atoms with Gasteiger partial charge in [0.15, 0.2) is 0 Å². The number of anilines is 1. The maximum atomic E-state index is 13.2. The molecule has 8 nitrogen and oxygen atoms in total. The van der Waals surface area contributed by atoms with Crippen molar-refractivity contribution in [2.75, 3.05) is 4.90 Å². The molecule has 2 N–H and O–H groups in total. The lowest BCUT2D eigenvalue weighted by atomic mass is 9.94. The smallest absolute Gasteiger partial charge is 0.300 e. The fourth-order valence-electron chi connectivity index (χ4n) is 4.01. The van der Waals surface area contributed by atoms with Gasteiger partial charge in [-0.25, -0.2) is 0 Å². The molecule has 1 fully saturated rings. The van der Waals surface area contributed by atoms with E-state index in [1.165, 1.54) is 35.2 Å². The van der Waals surface area contributed by atoms with Crippen molar-refractivity contribution < 1.29 is 24.7 Å². The molecule has 4 rings (SSSR count). The standard InChI is InChI=1S/C26H22N2O6/c1-15(2)16-6-10-19(11-7-16)27-23(17-8-12-21(29)13-9-17)22(25(31)26(27)32)24(30)18-4-3-5-20(14-18)28(33)34/h3-15,23,29-30H,1-2H3/b24-22-. The number of hydrogen-bond acceptors (Lipinski definition) is 6. The van der Waals surface area contributed by atoms with Gasteiger partial charge in [0.1, 0.15) is 11.5 Å². The van der Waals surface area contributed by atoms with Crippen LogP contribution in [0.1, 0.15) is 42.5 Å². The molecular weight excluding hydrogens is 436 g/mol. The number of nitro benzene ring substituents is 1. The number of benzene rings is 3. The molecule has 0 spiro atoms. The van der Waals surface area contributed by atoms with Crippen molar-refractivity contribution in [1.82, 2.24) is 0 Å². The average molecular weight is 458 g/mol. The third-order valence-electron chi connectivity index (χ3n) is 5.82. The van der Waals surface area contributed by atoms with Crippen LogP contribution in [0.4, 0.5) is 11.4 Å². The van der Waals surface area contributed by atoms with Crippen LogP contribution < -0.4 is 4.90 Å². The Morgan fingerprint density at radius 3 is 2.24 bits per heavy atom. The van der Waals surface area contributed by atoms with Gasteiger partial charge in [-0.3, -0.25) is 24.6 Å². The van der Waals surface area contributed by atoms with Gasteiger partial charge in [0, 0.05) is 23.4 Å². The van der Waals surface area contributed by atoms with E-state index in [9.17, 15) is 29.9 Å². The van der Waals surface area contributed by atoms with Gasteiger partial charge in [-0.05, 0) is 41.3 Å². The van der Waals surface area contributed by atoms with Crippen LogP contribution in [0.2, 0.25) is 0 Å². The number of Topliss-reactive ketones (excluding diaryl/α,β-unsaturated/α-hetero) is 1. The zero-order valence-electron chi connectivity index (χ0n) is 18.5. The minimum absolute atomic E-state index is 0.000622. The van der Waals surface area contributed by atoms with E-state index in [0.29, 0.717) is 11.3 Å². The molecule has 0 bridgehead atoms. The molecule has 1 unspecified atom stereocenters. The van der Waals surface area contributed by atoms with Crippen LogP contribution in [0.3, 0.4) is 0 Å². The van der Waals surface area contributed by atoms with Gasteiger partial charge in [0.05, 0.1) is 16.5 Å². The number of aromatic hydroxyl groups is 1. The molecule has 1 amide bonds. The minimum atomic E-state index is -0.996. The second-order valence-electron chi connectivity index (χ2n) is 8.31. The molecule has 0 radical (unpaired) electrons. The topological polar surface area (TPSA) is 121 Å². The first-order valence-corrected chi connectivity index (χ1v) is 10.6. The summed E-state index contributed by atoms with van der Waals surface area (Å²) < 4.78 is 0. The zero-order chi connectivity index (χ0) is 24.6. The largest absolute Gasteiger partial charge is 0.508 e. The number of non-ortho nitro benzene ring substituents is 1. The van der Waals surface area contributed by atoms with Gasteiger partial charge >= 0.3 is 0 Å². The third kappa shape index (κ3) is 4.01. The van der Waals surface area contributed by atoms with E-state index >= 15 is 0 Å². The first-order chi connectivity index (χ1) is 16.2. The summed E-state index contributed by atoms with van der Waals surface area (Å²) >= 11 is 0. The lowest BCUT2D eigenvalue weighted by Gasteiger charge is -2.26. The number of amides is 1. The van der Waals surface area contributed by atoms with Crippen molar-refractivity contribution in [2.45, 2.75) is 25.8 Å². The highest BCUT2D eigenvalue weighted by Gasteiger charge is 2.47. The number of carbonyl (C=O) groups is 2. The van der Waals surface area contributed by atoms with Gasteiger partial charge in [-0.1, -0.05) is 50.2 Å². The van der Waals surface area contributed by atoms with Crippen molar-refractivity contribution in [3.05, 3.63) is 105 Å². The number of rotatable bonds is 5. The highest BCUT2D eigenvalue weighted by molar-refractivity contribution is 6.51. The number of phenolic OH excluding ortho intramolecular Hbond substituents is 1. The number of nitro groups is 1. The number of nitrogens with zero attached hydrogens (tertiary/aromatic N) is 2. The molecule has 8 heteroatoms. The molecule has 172 valence electrons. The van der Waals surface area contributed by atoms with E-state index in [2.05, 4.69) is 0 Å². The number of carbonyl (C=O) groups excluding carboxylic acids is 2. The second kappa shape index (κ2) is 8.82. The Morgan fingerprint density at radius 1 is 1.00 bits per heavy atom. The summed E-state index contributed by atoms with van der Waals surface area (Å²) in [6.07, 6.45) is 0. The van der Waals surface area contributed by atoms with Crippen molar-refractivity contribution >= 4 is 28.8 Å². The van der Waals surface area contributed by atoms with E-state index < -0.39 is 28.4 Å². The molecule has 1 aliphatic rings. The van der Waals surface area contributed by atoms with Crippen molar-refractivity contribution in [2.24, 2.45) is 0 Å². The van der Waals surface area contributed by atoms with E-state index in [1.807, 2.05) is 26.0 Å². The fourth-order valence-corrected chi connectivity index (χ4v) is 4.01. The molecular formula is C26H22N2O6. The van der Waals surface area contributed by atoms with Crippen molar-refractivity contribution in [1.29, 1.82) is 0 Å². The second-order valence-corrected chi connectivity index (χ2v) is 8.31. The summed E-state index contributed by atoms with van der Waals surface area (Å²) in [5.74, 6) is -1.98. The first-order valence-electron chi connectivity index (χ1n) is 10.6. The van der Waals surface area contributed by atoms with Gasteiger partial charge in [0.2, 0.25) is 0 Å². The molecule has 0 aromatic heterocycles. The predicted octanol–water partition coefficient (Wildman–Crippen LogP) is 5.05. The van der Waals surface area contributed by atoms with Crippen LogP contribution >= 0.6 is 0 Å². The highest BCUT2D eigenvalue weighted by Crippen LogP contribution is 2.42. The van der Waals surface area contributed by atoms with Crippen molar-refractivity contribution in [3.63, 3.8) is 0 Å². The average Bonchev–Trinajstić information content (AvgIpc) is 3.09. The molecule has 0 saturated carbocycles. The zero-order valence-corrected chi connectivity index (χ0v) is 18.5. The Labute approximate surface area is 195 Å². The van der Waals surface area contributed by atoms with Gasteiger partial charge in [-0.2, -0.15) is 0 Å². The fraction of sp³-hybridized carbons (Fsp3) is 0.154. The van der Waals surface area contributed by atoms with Crippen LogP contribution in [0.15, 0.2) is 78.4 Å². The summed E-state index contributed by atoms with van der Waals surface area (Å²) in [5, 5.41) is 32.0. The molecule has 34 heavy (non-hydrogen) atoms. The molecule has 3 aromatic carbocycles. The Bertz CT molecular complexity index is 1310. The summed E-state index contributed by atoms with van der Waals surface area (Å²) in [6, 6.07) is 17.4. The minimum Gasteiger partial charge on any atom is -0.508 e. The number of ketones is 1. The molecule has 0 aliphatic carbocycles. The lowest BCUT2D eigenvalue weighted by Crippen LogP contribution is -2.29. The van der Waals surface area contributed by atoms with Crippen molar-refractivity contribution in [3.8, 4) is 5.75 Å². The molecule has 1 aliphatic heterocycles. The predicted molar refractivity (Wildman–Crippen MR) is 127 cm³/mol. The monoisotopic (exact) mass is 458 g/mol. The Hall–Kier alpha value is -4.46. The van der Waals surface area contributed by atoms with Crippen LogP contribution in [0.5, 0.6) is 5.75 Å². The molecule has 3 aromatic rings. The maximum Gasteiger partial charge on any atom is 0.300 e. The molecule has 1 heterocycles. The maximum absolute atomic E-state index is 13.2.